The average Bonchev–Trinajstić information content (AvgIpc) is 2.76. The molecule has 0 unspecified atom stereocenters. The van der Waals surface area contributed by atoms with E-state index in [-0.39, 0.29) is 0 Å². The fraction of sp³-hybridized carbons (Fsp3) is 0.500. The van der Waals surface area contributed by atoms with Crippen LogP contribution in [0, 0.1) is 6.92 Å². The number of nitrogens with one attached hydrogen (secondary N) is 1. The van der Waals surface area contributed by atoms with Gasteiger partial charge in [-0.25, -0.2) is 4.98 Å². The van der Waals surface area contributed by atoms with Gasteiger partial charge in [0.2, 0.25) is 0 Å². The number of nitrogens with zero attached hydrogens (tertiary/aromatic N) is 2. The second-order valence-electron chi connectivity index (χ2n) is 2.94. The van der Waals surface area contributed by atoms with Crippen molar-refractivity contribution in [2.45, 2.75) is 25.8 Å². The van der Waals surface area contributed by atoms with Crippen LogP contribution >= 0.6 is 11.3 Å². The first-order valence-corrected chi connectivity index (χ1v) is 4.87. The van der Waals surface area contributed by atoms with E-state index in [9.17, 15) is 0 Å². The number of thiazole rings is 1. The van der Waals surface area contributed by atoms with Gasteiger partial charge in [-0.3, -0.25) is 0 Å². The molecule has 64 valence electrons. The molecule has 1 aliphatic carbocycles. The molecule has 0 atom stereocenters. The van der Waals surface area contributed by atoms with Crippen LogP contribution in [0.25, 0.3) is 0 Å². The van der Waals surface area contributed by atoms with E-state index in [1.165, 1.54) is 12.8 Å². The SMILES string of the molecule is Cc1ncc(/C=N/NC2CC2)s1. The van der Waals surface area contributed by atoms with Gasteiger partial charge in [-0.1, -0.05) is 0 Å². The number of hydrogen-bond acceptors (Lipinski definition) is 4. The van der Waals surface area contributed by atoms with Crippen molar-refractivity contribution in [1.82, 2.24) is 10.4 Å². The summed E-state index contributed by atoms with van der Waals surface area (Å²) in [5, 5.41) is 5.20. The van der Waals surface area contributed by atoms with Gasteiger partial charge in [-0.15, -0.1) is 11.3 Å². The molecule has 1 aromatic heterocycles. The largest absolute Gasteiger partial charge is 0.307 e. The summed E-state index contributed by atoms with van der Waals surface area (Å²) in [6.45, 7) is 2.00. The molecule has 1 saturated carbocycles. The van der Waals surface area contributed by atoms with Gasteiger partial charge in [0.1, 0.15) is 0 Å². The van der Waals surface area contributed by atoms with Crippen LogP contribution in [0.3, 0.4) is 0 Å². The van der Waals surface area contributed by atoms with E-state index < -0.39 is 0 Å². The van der Waals surface area contributed by atoms with Crippen molar-refractivity contribution in [3.05, 3.63) is 16.1 Å². The quantitative estimate of drug-likeness (QED) is 0.567. The molecule has 0 amide bonds. The van der Waals surface area contributed by atoms with E-state index in [1.807, 2.05) is 19.3 Å². The molecular formula is C8H11N3S. The standard InChI is InChI=1S/C8H11N3S/c1-6-9-4-8(12-6)5-10-11-7-2-3-7/h4-5,7,11H,2-3H2,1H3/b10-5+. The predicted molar refractivity (Wildman–Crippen MR) is 50.6 cm³/mol. The summed E-state index contributed by atoms with van der Waals surface area (Å²) in [5.74, 6) is 0. The maximum Gasteiger partial charge on any atom is 0.0900 e. The third kappa shape index (κ3) is 2.04. The summed E-state index contributed by atoms with van der Waals surface area (Å²) in [4.78, 5) is 5.24. The van der Waals surface area contributed by atoms with Crippen molar-refractivity contribution < 1.29 is 0 Å². The molecule has 1 N–H and O–H groups in total. The van der Waals surface area contributed by atoms with Gasteiger partial charge in [0, 0.05) is 12.2 Å². The minimum absolute atomic E-state index is 0.635. The molecule has 1 aliphatic rings. The smallest absolute Gasteiger partial charge is 0.0900 e. The van der Waals surface area contributed by atoms with Crippen LogP contribution in [0.1, 0.15) is 22.7 Å². The van der Waals surface area contributed by atoms with Crippen LogP contribution in [0.4, 0.5) is 0 Å². The van der Waals surface area contributed by atoms with E-state index in [1.54, 1.807) is 11.3 Å². The highest BCUT2D eigenvalue weighted by Crippen LogP contribution is 2.18. The van der Waals surface area contributed by atoms with Crippen molar-refractivity contribution >= 4 is 17.6 Å². The van der Waals surface area contributed by atoms with Gasteiger partial charge >= 0.3 is 0 Å². The Hall–Kier alpha value is -0.900. The molecule has 0 aromatic carbocycles. The highest BCUT2D eigenvalue weighted by atomic mass is 32.1. The van der Waals surface area contributed by atoms with Crippen LogP contribution in [0.15, 0.2) is 11.3 Å². The van der Waals surface area contributed by atoms with E-state index in [0.29, 0.717) is 6.04 Å². The minimum atomic E-state index is 0.635. The van der Waals surface area contributed by atoms with Crippen molar-refractivity contribution in [2.75, 3.05) is 0 Å². The highest BCUT2D eigenvalue weighted by molar-refractivity contribution is 7.13. The molecule has 4 heteroatoms. The Kier molecular flexibility index (Phi) is 2.08. The lowest BCUT2D eigenvalue weighted by atomic mass is 10.6. The van der Waals surface area contributed by atoms with Gasteiger partial charge < -0.3 is 5.43 Å². The Morgan fingerprint density at radius 1 is 1.75 bits per heavy atom. The molecule has 12 heavy (non-hydrogen) atoms. The number of rotatable bonds is 3. The molecule has 2 rings (SSSR count). The Labute approximate surface area is 75.5 Å². The maximum atomic E-state index is 4.13. The van der Waals surface area contributed by atoms with E-state index >= 15 is 0 Å². The molecule has 0 spiro atoms. The van der Waals surface area contributed by atoms with Gasteiger partial charge in [-0.05, 0) is 19.8 Å². The van der Waals surface area contributed by atoms with Crippen LogP contribution in [-0.4, -0.2) is 17.2 Å². The minimum Gasteiger partial charge on any atom is -0.307 e. The van der Waals surface area contributed by atoms with E-state index in [4.69, 9.17) is 0 Å². The zero-order valence-electron chi connectivity index (χ0n) is 6.95. The lowest BCUT2D eigenvalue weighted by Gasteiger charge is -1.90. The molecule has 1 aromatic rings. The third-order valence-corrected chi connectivity index (χ3v) is 2.51. The van der Waals surface area contributed by atoms with Crippen LogP contribution in [0.5, 0.6) is 0 Å². The topological polar surface area (TPSA) is 37.3 Å². The Balaban J connectivity index is 1.88. The van der Waals surface area contributed by atoms with Crippen molar-refractivity contribution in [1.29, 1.82) is 0 Å². The second-order valence-corrected chi connectivity index (χ2v) is 4.21. The van der Waals surface area contributed by atoms with Gasteiger partial charge in [0.05, 0.1) is 16.1 Å². The predicted octanol–water partition coefficient (Wildman–Crippen LogP) is 1.54. The first kappa shape index (κ1) is 7.73. The summed E-state index contributed by atoms with van der Waals surface area (Å²) >= 11 is 1.66. The normalized spacial score (nSPS) is 17.1. The zero-order valence-corrected chi connectivity index (χ0v) is 7.77. The fourth-order valence-corrected chi connectivity index (χ4v) is 1.51. The van der Waals surface area contributed by atoms with Crippen molar-refractivity contribution in [3.63, 3.8) is 0 Å². The molecular weight excluding hydrogens is 170 g/mol. The van der Waals surface area contributed by atoms with Gasteiger partial charge in [0.25, 0.3) is 0 Å². The monoisotopic (exact) mass is 181 g/mol. The van der Waals surface area contributed by atoms with Crippen LogP contribution in [-0.2, 0) is 0 Å². The number of aromatic nitrogens is 1. The average molecular weight is 181 g/mol. The number of hydrogen-bond donors (Lipinski definition) is 1. The first-order valence-electron chi connectivity index (χ1n) is 4.05. The molecule has 0 saturated heterocycles. The summed E-state index contributed by atoms with van der Waals surface area (Å²) in [7, 11) is 0. The lowest BCUT2D eigenvalue weighted by molar-refractivity contribution is 0.742. The summed E-state index contributed by atoms with van der Waals surface area (Å²) < 4.78 is 0. The first-order chi connectivity index (χ1) is 5.84. The molecule has 0 aliphatic heterocycles. The van der Waals surface area contributed by atoms with Crippen LogP contribution < -0.4 is 5.43 Å². The Morgan fingerprint density at radius 2 is 2.58 bits per heavy atom. The molecule has 0 radical (unpaired) electrons. The van der Waals surface area contributed by atoms with E-state index in [0.717, 1.165) is 9.88 Å². The molecule has 1 heterocycles. The molecule has 3 nitrogen and oxygen atoms in total. The molecule has 1 fully saturated rings. The van der Waals surface area contributed by atoms with Gasteiger partial charge in [-0.2, -0.15) is 5.10 Å². The van der Waals surface area contributed by atoms with Crippen molar-refractivity contribution in [3.8, 4) is 0 Å². The number of aryl methyl sites for hydroxylation is 1. The summed E-state index contributed by atoms with van der Waals surface area (Å²) in [6.07, 6.45) is 6.21. The lowest BCUT2D eigenvalue weighted by Crippen LogP contribution is -2.07. The maximum absolute atomic E-state index is 4.13. The molecule has 0 bridgehead atoms. The Bertz CT molecular complexity index is 288. The van der Waals surface area contributed by atoms with Crippen molar-refractivity contribution in [2.24, 2.45) is 5.10 Å². The zero-order chi connectivity index (χ0) is 8.39. The second kappa shape index (κ2) is 3.23. The summed E-state index contributed by atoms with van der Waals surface area (Å²) in [5.41, 5.74) is 3.06. The Morgan fingerprint density at radius 3 is 3.17 bits per heavy atom. The summed E-state index contributed by atoms with van der Waals surface area (Å²) in [6, 6.07) is 0.635. The van der Waals surface area contributed by atoms with Crippen LogP contribution in [0.2, 0.25) is 0 Å². The van der Waals surface area contributed by atoms with E-state index in [2.05, 4.69) is 15.5 Å². The fourth-order valence-electron chi connectivity index (χ4n) is 0.856. The number of hydrazone groups is 1. The van der Waals surface area contributed by atoms with Gasteiger partial charge in [0.15, 0.2) is 0 Å². The third-order valence-electron chi connectivity index (χ3n) is 1.67. The highest BCUT2D eigenvalue weighted by Gasteiger charge is 2.19.